The first kappa shape index (κ1) is 17.6. The first-order valence-corrected chi connectivity index (χ1v) is 10.3. The fourth-order valence-corrected chi connectivity index (χ4v) is 5.44. The van der Waals surface area contributed by atoms with Crippen molar-refractivity contribution in [2.45, 2.75) is 25.2 Å². The molecule has 0 saturated carbocycles. The number of aryl methyl sites for hydroxylation is 2. The minimum absolute atomic E-state index is 0.185. The Balaban J connectivity index is 1.81. The van der Waals surface area contributed by atoms with Crippen LogP contribution in [0.5, 0.6) is 0 Å². The van der Waals surface area contributed by atoms with E-state index in [-0.39, 0.29) is 9.92 Å². The number of rotatable bonds is 3. The molecule has 1 aromatic carbocycles. The highest BCUT2D eigenvalue weighted by Gasteiger charge is 2.29. The van der Waals surface area contributed by atoms with Gasteiger partial charge in [-0.2, -0.15) is 8.68 Å². The molecule has 1 aliphatic heterocycles. The van der Waals surface area contributed by atoms with Crippen molar-refractivity contribution in [1.29, 1.82) is 0 Å². The standard InChI is InChI=1S/C15H19ClN4O2S2/c1-11-4-5-13(16)14(10-11)24(21,22)20-7-3-6-19(8-9-20)15-17-12(2)18-23-15/h4-5,10H,3,6-9H2,1-2H3. The Morgan fingerprint density at radius 3 is 2.67 bits per heavy atom. The van der Waals surface area contributed by atoms with Crippen LogP contribution >= 0.6 is 23.1 Å². The predicted molar refractivity (Wildman–Crippen MR) is 96.4 cm³/mol. The maximum absolute atomic E-state index is 13.0. The second-order valence-electron chi connectivity index (χ2n) is 5.80. The van der Waals surface area contributed by atoms with E-state index in [1.165, 1.54) is 15.8 Å². The highest BCUT2D eigenvalue weighted by atomic mass is 35.5. The van der Waals surface area contributed by atoms with E-state index in [2.05, 4.69) is 14.3 Å². The maximum Gasteiger partial charge on any atom is 0.244 e. The summed E-state index contributed by atoms with van der Waals surface area (Å²) in [5.41, 5.74) is 0.874. The van der Waals surface area contributed by atoms with E-state index < -0.39 is 10.0 Å². The summed E-state index contributed by atoms with van der Waals surface area (Å²) in [6.45, 7) is 5.96. The van der Waals surface area contributed by atoms with Gasteiger partial charge in [0.1, 0.15) is 10.7 Å². The normalized spacial score (nSPS) is 17.0. The van der Waals surface area contributed by atoms with Gasteiger partial charge in [-0.3, -0.25) is 0 Å². The first-order chi connectivity index (χ1) is 11.4. The van der Waals surface area contributed by atoms with Crippen molar-refractivity contribution in [2.24, 2.45) is 0 Å². The van der Waals surface area contributed by atoms with Gasteiger partial charge >= 0.3 is 0 Å². The number of aromatic nitrogens is 2. The minimum atomic E-state index is -3.60. The zero-order chi connectivity index (χ0) is 17.3. The van der Waals surface area contributed by atoms with Crippen LogP contribution in [0.4, 0.5) is 5.13 Å². The summed E-state index contributed by atoms with van der Waals surface area (Å²) in [4.78, 5) is 6.67. The Hall–Kier alpha value is -1.22. The van der Waals surface area contributed by atoms with Crippen LogP contribution in [0.1, 0.15) is 17.8 Å². The molecule has 0 N–H and O–H groups in total. The van der Waals surface area contributed by atoms with Gasteiger partial charge in [-0.05, 0) is 38.0 Å². The number of hydrogen-bond donors (Lipinski definition) is 0. The predicted octanol–water partition coefficient (Wildman–Crippen LogP) is 2.71. The molecule has 1 aliphatic rings. The monoisotopic (exact) mass is 386 g/mol. The van der Waals surface area contributed by atoms with Gasteiger partial charge in [0.05, 0.1) is 5.02 Å². The molecule has 0 unspecified atom stereocenters. The van der Waals surface area contributed by atoms with Crippen LogP contribution in [0.3, 0.4) is 0 Å². The molecule has 3 rings (SSSR count). The topological polar surface area (TPSA) is 66.4 Å². The third kappa shape index (κ3) is 3.56. The Morgan fingerprint density at radius 1 is 1.17 bits per heavy atom. The summed E-state index contributed by atoms with van der Waals surface area (Å²) < 4.78 is 31.6. The fourth-order valence-electron chi connectivity index (χ4n) is 2.69. The average molecular weight is 387 g/mol. The molecule has 0 amide bonds. The average Bonchev–Trinajstić information content (AvgIpc) is 2.82. The SMILES string of the molecule is Cc1ccc(Cl)c(S(=O)(=O)N2CCCN(c3nc(C)ns3)CC2)c1. The molecule has 1 saturated heterocycles. The summed E-state index contributed by atoms with van der Waals surface area (Å²) in [7, 11) is -3.60. The summed E-state index contributed by atoms with van der Waals surface area (Å²) in [6, 6.07) is 5.08. The van der Waals surface area contributed by atoms with E-state index in [0.717, 1.165) is 29.5 Å². The number of hydrogen-bond acceptors (Lipinski definition) is 6. The minimum Gasteiger partial charge on any atom is -0.345 e. The Morgan fingerprint density at radius 2 is 1.96 bits per heavy atom. The van der Waals surface area contributed by atoms with Gasteiger partial charge in [0, 0.05) is 37.7 Å². The molecule has 0 radical (unpaired) electrons. The maximum atomic E-state index is 13.0. The van der Waals surface area contributed by atoms with Crippen LogP contribution in [0, 0.1) is 13.8 Å². The van der Waals surface area contributed by atoms with E-state index >= 15 is 0 Å². The summed E-state index contributed by atoms with van der Waals surface area (Å²) >= 11 is 7.49. The molecule has 130 valence electrons. The number of halogens is 1. The van der Waals surface area contributed by atoms with Gasteiger partial charge in [-0.1, -0.05) is 17.7 Å². The van der Waals surface area contributed by atoms with Crippen molar-refractivity contribution in [1.82, 2.24) is 13.7 Å². The van der Waals surface area contributed by atoms with Crippen LogP contribution in [-0.4, -0.2) is 48.3 Å². The second kappa shape index (κ2) is 6.95. The van der Waals surface area contributed by atoms with E-state index in [1.54, 1.807) is 12.1 Å². The lowest BCUT2D eigenvalue weighted by Gasteiger charge is -2.21. The molecule has 9 heteroatoms. The largest absolute Gasteiger partial charge is 0.345 e. The van der Waals surface area contributed by atoms with Crippen molar-refractivity contribution >= 4 is 38.3 Å². The number of nitrogens with zero attached hydrogens (tertiary/aromatic N) is 4. The van der Waals surface area contributed by atoms with Crippen molar-refractivity contribution in [3.8, 4) is 0 Å². The van der Waals surface area contributed by atoms with E-state index in [0.29, 0.717) is 19.6 Å². The highest BCUT2D eigenvalue weighted by Crippen LogP contribution is 2.27. The number of anilines is 1. The molecule has 0 atom stereocenters. The third-order valence-corrected chi connectivity index (χ3v) is 7.20. The van der Waals surface area contributed by atoms with Gasteiger partial charge in [0.2, 0.25) is 15.2 Å². The lowest BCUT2D eigenvalue weighted by Crippen LogP contribution is -2.35. The number of benzene rings is 1. The smallest absolute Gasteiger partial charge is 0.244 e. The first-order valence-electron chi connectivity index (χ1n) is 7.69. The molecule has 0 bridgehead atoms. The zero-order valence-corrected chi connectivity index (χ0v) is 16.0. The van der Waals surface area contributed by atoms with Gasteiger partial charge in [-0.15, -0.1) is 0 Å². The summed E-state index contributed by atoms with van der Waals surface area (Å²) in [5.74, 6) is 0.746. The van der Waals surface area contributed by atoms with Crippen LogP contribution in [0.15, 0.2) is 23.1 Å². The van der Waals surface area contributed by atoms with Crippen LogP contribution in [0.25, 0.3) is 0 Å². The summed E-state index contributed by atoms with van der Waals surface area (Å²) in [5, 5.41) is 1.11. The van der Waals surface area contributed by atoms with Crippen molar-refractivity contribution in [3.05, 3.63) is 34.6 Å². The van der Waals surface area contributed by atoms with Gasteiger partial charge in [-0.25, -0.2) is 13.4 Å². The van der Waals surface area contributed by atoms with Crippen LogP contribution in [-0.2, 0) is 10.0 Å². The molecule has 1 aromatic heterocycles. The van der Waals surface area contributed by atoms with Gasteiger partial charge < -0.3 is 4.90 Å². The Labute approximate surface area is 151 Å². The van der Waals surface area contributed by atoms with Crippen LogP contribution < -0.4 is 4.90 Å². The van der Waals surface area contributed by atoms with Crippen LogP contribution in [0.2, 0.25) is 5.02 Å². The molecular weight excluding hydrogens is 368 g/mol. The highest BCUT2D eigenvalue weighted by molar-refractivity contribution is 7.89. The molecule has 24 heavy (non-hydrogen) atoms. The van der Waals surface area contributed by atoms with Crippen molar-refractivity contribution < 1.29 is 8.42 Å². The molecule has 2 aromatic rings. The quantitative estimate of drug-likeness (QED) is 0.811. The molecule has 1 fully saturated rings. The van der Waals surface area contributed by atoms with E-state index in [4.69, 9.17) is 11.6 Å². The molecule has 0 aliphatic carbocycles. The fraction of sp³-hybridized carbons (Fsp3) is 0.467. The lowest BCUT2D eigenvalue weighted by atomic mass is 10.2. The Bertz CT molecular complexity index is 838. The van der Waals surface area contributed by atoms with Crippen molar-refractivity contribution in [3.63, 3.8) is 0 Å². The van der Waals surface area contributed by atoms with Crippen molar-refractivity contribution in [2.75, 3.05) is 31.1 Å². The zero-order valence-electron chi connectivity index (χ0n) is 13.6. The summed E-state index contributed by atoms with van der Waals surface area (Å²) in [6.07, 6.45) is 0.737. The Kier molecular flexibility index (Phi) is 5.10. The van der Waals surface area contributed by atoms with Gasteiger partial charge in [0.15, 0.2) is 0 Å². The molecule has 6 nitrogen and oxygen atoms in total. The second-order valence-corrected chi connectivity index (χ2v) is 8.85. The third-order valence-electron chi connectivity index (χ3n) is 3.95. The molecule has 0 spiro atoms. The lowest BCUT2D eigenvalue weighted by molar-refractivity contribution is 0.433. The number of sulfonamides is 1. The molecular formula is C15H19ClN4O2S2. The van der Waals surface area contributed by atoms with E-state index in [9.17, 15) is 8.42 Å². The van der Waals surface area contributed by atoms with E-state index in [1.807, 2.05) is 19.9 Å². The molecule has 2 heterocycles. The van der Waals surface area contributed by atoms with Gasteiger partial charge in [0.25, 0.3) is 0 Å².